The molecule has 0 spiro atoms. The van der Waals surface area contributed by atoms with E-state index in [9.17, 15) is 4.79 Å². The smallest absolute Gasteiger partial charge is 0.231 e. The minimum Gasteiger partial charge on any atom is -0.369 e. The van der Waals surface area contributed by atoms with Crippen LogP contribution in [0.25, 0.3) is 0 Å². The van der Waals surface area contributed by atoms with Crippen molar-refractivity contribution in [3.63, 3.8) is 0 Å². The first-order chi connectivity index (χ1) is 12.2. The SMILES string of the molecule is NC(=O)CN1CCC(CCc2ccnc(Nc3ccccn3)c2)CC1. The fourth-order valence-corrected chi connectivity index (χ4v) is 3.29. The number of anilines is 2. The van der Waals surface area contributed by atoms with Crippen LogP contribution in [-0.4, -0.2) is 40.4 Å². The van der Waals surface area contributed by atoms with E-state index in [1.54, 1.807) is 6.20 Å². The molecule has 0 saturated carbocycles. The third-order valence-electron chi connectivity index (χ3n) is 4.67. The molecule has 6 nitrogen and oxygen atoms in total. The number of amides is 1. The lowest BCUT2D eigenvalue weighted by Crippen LogP contribution is -2.39. The average Bonchev–Trinajstić information content (AvgIpc) is 2.62. The molecule has 1 aliphatic rings. The van der Waals surface area contributed by atoms with Gasteiger partial charge in [-0.2, -0.15) is 0 Å². The number of nitrogens with zero attached hydrogens (tertiary/aromatic N) is 3. The second kappa shape index (κ2) is 8.58. The molecule has 0 bridgehead atoms. The molecule has 132 valence electrons. The third-order valence-corrected chi connectivity index (χ3v) is 4.67. The maximum Gasteiger partial charge on any atom is 0.231 e. The van der Waals surface area contributed by atoms with Gasteiger partial charge in [-0.25, -0.2) is 9.97 Å². The molecule has 1 aliphatic heterocycles. The predicted molar refractivity (Wildman–Crippen MR) is 98.4 cm³/mol. The van der Waals surface area contributed by atoms with Crippen molar-refractivity contribution in [2.75, 3.05) is 25.0 Å². The van der Waals surface area contributed by atoms with Crippen LogP contribution < -0.4 is 11.1 Å². The maximum atomic E-state index is 11.0. The zero-order valence-electron chi connectivity index (χ0n) is 14.4. The number of carbonyl (C=O) groups is 1. The fourth-order valence-electron chi connectivity index (χ4n) is 3.29. The first-order valence-electron chi connectivity index (χ1n) is 8.82. The van der Waals surface area contributed by atoms with Gasteiger partial charge in [-0.15, -0.1) is 0 Å². The van der Waals surface area contributed by atoms with Gasteiger partial charge in [0.05, 0.1) is 6.54 Å². The number of aromatic nitrogens is 2. The quantitative estimate of drug-likeness (QED) is 0.809. The van der Waals surface area contributed by atoms with Crippen molar-refractivity contribution in [1.82, 2.24) is 14.9 Å². The van der Waals surface area contributed by atoms with Crippen molar-refractivity contribution >= 4 is 17.5 Å². The van der Waals surface area contributed by atoms with Gasteiger partial charge >= 0.3 is 0 Å². The van der Waals surface area contributed by atoms with Crippen LogP contribution in [0.15, 0.2) is 42.7 Å². The molecule has 0 radical (unpaired) electrons. The number of nitrogens with two attached hydrogens (primary N) is 1. The van der Waals surface area contributed by atoms with Crippen LogP contribution >= 0.6 is 0 Å². The molecule has 0 atom stereocenters. The molecule has 3 heterocycles. The molecule has 3 rings (SSSR count). The zero-order chi connectivity index (χ0) is 17.5. The number of nitrogens with one attached hydrogen (secondary N) is 1. The Hall–Kier alpha value is -2.47. The van der Waals surface area contributed by atoms with Crippen molar-refractivity contribution in [3.8, 4) is 0 Å². The van der Waals surface area contributed by atoms with Crippen LogP contribution in [0.4, 0.5) is 11.6 Å². The molecule has 1 saturated heterocycles. The van der Waals surface area contributed by atoms with E-state index >= 15 is 0 Å². The van der Waals surface area contributed by atoms with Gasteiger partial charge in [-0.1, -0.05) is 6.07 Å². The topological polar surface area (TPSA) is 84.1 Å². The molecule has 2 aromatic rings. The summed E-state index contributed by atoms with van der Waals surface area (Å²) in [6, 6.07) is 9.94. The first-order valence-corrected chi connectivity index (χ1v) is 8.82. The van der Waals surface area contributed by atoms with E-state index in [-0.39, 0.29) is 5.91 Å². The Balaban J connectivity index is 1.47. The van der Waals surface area contributed by atoms with Crippen LogP contribution in [0, 0.1) is 5.92 Å². The van der Waals surface area contributed by atoms with Crippen LogP contribution in [-0.2, 0) is 11.2 Å². The van der Waals surface area contributed by atoms with Crippen molar-refractivity contribution in [1.29, 1.82) is 0 Å². The van der Waals surface area contributed by atoms with Gasteiger partial charge in [-0.3, -0.25) is 9.69 Å². The van der Waals surface area contributed by atoms with E-state index in [4.69, 9.17) is 5.73 Å². The van der Waals surface area contributed by atoms with Gasteiger partial charge in [0.25, 0.3) is 0 Å². The molecule has 0 unspecified atom stereocenters. The molecule has 3 N–H and O–H groups in total. The van der Waals surface area contributed by atoms with Gasteiger partial charge in [0.15, 0.2) is 0 Å². The van der Waals surface area contributed by atoms with E-state index in [1.165, 1.54) is 5.56 Å². The number of hydrogen-bond donors (Lipinski definition) is 2. The van der Waals surface area contributed by atoms with Crippen molar-refractivity contribution in [2.45, 2.75) is 25.7 Å². The van der Waals surface area contributed by atoms with E-state index in [0.29, 0.717) is 12.5 Å². The summed E-state index contributed by atoms with van der Waals surface area (Å²) in [6.45, 7) is 2.33. The Labute approximate surface area is 148 Å². The monoisotopic (exact) mass is 339 g/mol. The Morgan fingerprint density at radius 1 is 1.16 bits per heavy atom. The number of carbonyl (C=O) groups excluding carboxylic acids is 1. The predicted octanol–water partition coefficient (Wildman–Crippen LogP) is 2.35. The van der Waals surface area contributed by atoms with E-state index in [1.807, 2.05) is 24.4 Å². The standard InChI is InChI=1S/C19H25N5O/c20-17(25)14-24-11-7-15(8-12-24)4-5-16-6-10-22-19(13-16)23-18-3-1-2-9-21-18/h1-3,6,9-10,13,15H,4-5,7-8,11-12,14H2,(H2,20,25)(H,21,22,23). The summed E-state index contributed by atoms with van der Waals surface area (Å²) in [6.07, 6.45) is 8.08. The highest BCUT2D eigenvalue weighted by Crippen LogP contribution is 2.23. The Kier molecular flexibility index (Phi) is 5.95. The fraction of sp³-hybridized carbons (Fsp3) is 0.421. The number of piperidine rings is 1. The number of aryl methyl sites for hydroxylation is 1. The lowest BCUT2D eigenvalue weighted by molar-refractivity contribution is -0.119. The maximum absolute atomic E-state index is 11.0. The number of primary amides is 1. The summed E-state index contributed by atoms with van der Waals surface area (Å²) in [5, 5.41) is 3.23. The van der Waals surface area contributed by atoms with Crippen molar-refractivity contribution < 1.29 is 4.79 Å². The molecule has 1 amide bonds. The Morgan fingerprint density at radius 3 is 2.68 bits per heavy atom. The summed E-state index contributed by atoms with van der Waals surface area (Å²) >= 11 is 0. The second-order valence-corrected chi connectivity index (χ2v) is 6.61. The minimum absolute atomic E-state index is 0.233. The lowest BCUT2D eigenvalue weighted by atomic mass is 9.90. The largest absolute Gasteiger partial charge is 0.369 e. The number of rotatable bonds is 7. The Morgan fingerprint density at radius 2 is 1.96 bits per heavy atom. The highest BCUT2D eigenvalue weighted by Gasteiger charge is 2.19. The van der Waals surface area contributed by atoms with Gasteiger partial charge in [-0.05, 0) is 74.5 Å². The molecular formula is C19H25N5O. The average molecular weight is 339 g/mol. The number of hydrogen-bond acceptors (Lipinski definition) is 5. The molecule has 1 fully saturated rings. The molecule has 0 aromatic carbocycles. The highest BCUT2D eigenvalue weighted by atomic mass is 16.1. The summed E-state index contributed by atoms with van der Waals surface area (Å²) in [4.78, 5) is 21.8. The minimum atomic E-state index is -0.233. The number of likely N-dealkylation sites (tertiary alicyclic amines) is 1. The van der Waals surface area contributed by atoms with Crippen molar-refractivity contribution in [3.05, 3.63) is 48.3 Å². The molecule has 2 aromatic heterocycles. The van der Waals surface area contributed by atoms with Gasteiger partial charge < -0.3 is 11.1 Å². The second-order valence-electron chi connectivity index (χ2n) is 6.61. The highest BCUT2D eigenvalue weighted by molar-refractivity contribution is 5.75. The summed E-state index contributed by atoms with van der Waals surface area (Å²) in [5.74, 6) is 2.11. The first kappa shape index (κ1) is 17.4. The molecule has 6 heteroatoms. The van der Waals surface area contributed by atoms with E-state index < -0.39 is 0 Å². The summed E-state index contributed by atoms with van der Waals surface area (Å²) < 4.78 is 0. The van der Waals surface area contributed by atoms with Crippen molar-refractivity contribution in [2.24, 2.45) is 11.7 Å². The van der Waals surface area contributed by atoms with Gasteiger partial charge in [0.1, 0.15) is 11.6 Å². The van der Waals surface area contributed by atoms with Crippen LogP contribution in [0.3, 0.4) is 0 Å². The molecule has 25 heavy (non-hydrogen) atoms. The van der Waals surface area contributed by atoms with Crippen LogP contribution in [0.1, 0.15) is 24.8 Å². The zero-order valence-corrected chi connectivity index (χ0v) is 14.4. The Bertz CT molecular complexity index is 683. The van der Waals surface area contributed by atoms with E-state index in [2.05, 4.69) is 32.3 Å². The molecule has 0 aliphatic carbocycles. The summed E-state index contributed by atoms with van der Waals surface area (Å²) in [5.41, 5.74) is 6.55. The molecular weight excluding hydrogens is 314 g/mol. The van der Waals surface area contributed by atoms with Gasteiger partial charge in [0.2, 0.25) is 5.91 Å². The third kappa shape index (κ3) is 5.53. The lowest BCUT2D eigenvalue weighted by Gasteiger charge is -2.31. The number of pyridine rings is 2. The van der Waals surface area contributed by atoms with Gasteiger partial charge in [0, 0.05) is 12.4 Å². The van der Waals surface area contributed by atoms with Crippen LogP contribution in [0.5, 0.6) is 0 Å². The summed E-state index contributed by atoms with van der Waals surface area (Å²) in [7, 11) is 0. The van der Waals surface area contributed by atoms with E-state index in [0.717, 1.165) is 50.4 Å². The normalized spacial score (nSPS) is 15.8. The van der Waals surface area contributed by atoms with Crippen LogP contribution in [0.2, 0.25) is 0 Å².